The van der Waals surface area contributed by atoms with E-state index in [0.717, 1.165) is 30.7 Å². The molecule has 0 spiro atoms. The number of rotatable bonds is 6. The van der Waals surface area contributed by atoms with Gasteiger partial charge in [0.05, 0.1) is 0 Å². The van der Waals surface area contributed by atoms with Crippen molar-refractivity contribution in [3.05, 3.63) is 35.4 Å². The third-order valence-corrected chi connectivity index (χ3v) is 5.55. The van der Waals surface area contributed by atoms with Crippen molar-refractivity contribution in [3.63, 3.8) is 0 Å². The monoisotopic (exact) mass is 314 g/mol. The molecule has 0 aliphatic heterocycles. The molecule has 21 heavy (non-hydrogen) atoms. The van der Waals surface area contributed by atoms with Crippen molar-refractivity contribution in [2.24, 2.45) is 11.3 Å². The molecule has 0 nitrogen and oxygen atoms in total. The quantitative estimate of drug-likeness (QED) is 0.555. The zero-order valence-electron chi connectivity index (χ0n) is 12.8. The summed E-state index contributed by atoms with van der Waals surface area (Å²) in [6.45, 7) is 2.23. The minimum absolute atomic E-state index is 0.0640. The van der Waals surface area contributed by atoms with Gasteiger partial charge in [0.25, 0.3) is 0 Å². The minimum atomic E-state index is -0.776. The van der Waals surface area contributed by atoms with E-state index in [2.05, 4.69) is 6.92 Å². The predicted molar refractivity (Wildman–Crippen MR) is 84.7 cm³/mol. The largest absolute Gasteiger partial charge is 0.204 e. The number of halogens is 3. The molecule has 1 aromatic carbocycles. The molecular formula is C18H25ClF2. The Morgan fingerprint density at radius 1 is 1.19 bits per heavy atom. The van der Waals surface area contributed by atoms with Gasteiger partial charge in [-0.25, -0.2) is 8.78 Å². The van der Waals surface area contributed by atoms with Crippen LogP contribution in [0.2, 0.25) is 0 Å². The van der Waals surface area contributed by atoms with E-state index in [1.165, 1.54) is 44.2 Å². The number of hydrogen-bond acceptors (Lipinski definition) is 0. The summed E-state index contributed by atoms with van der Waals surface area (Å²) >= 11 is 6.24. The third-order valence-electron chi connectivity index (χ3n) is 4.98. The standard InChI is InChI=1S/C18H25ClF2/c1-2-3-4-14-7-9-18(13-19,10-8-14)12-15-5-6-16(20)17(21)11-15/h5-6,11,14H,2-4,7-10,12-13H2,1H3. The number of benzene rings is 1. The van der Waals surface area contributed by atoms with E-state index in [1.54, 1.807) is 6.07 Å². The second-order valence-corrected chi connectivity index (χ2v) is 6.91. The van der Waals surface area contributed by atoms with Gasteiger partial charge in [-0.05, 0) is 61.1 Å². The van der Waals surface area contributed by atoms with Gasteiger partial charge >= 0.3 is 0 Å². The molecule has 0 N–H and O–H groups in total. The molecule has 0 heterocycles. The maximum absolute atomic E-state index is 13.4. The second kappa shape index (κ2) is 7.58. The molecule has 0 amide bonds. The van der Waals surface area contributed by atoms with Gasteiger partial charge in [0, 0.05) is 5.88 Å². The molecule has 1 aliphatic rings. The van der Waals surface area contributed by atoms with Crippen LogP contribution in [0.15, 0.2) is 18.2 Å². The minimum Gasteiger partial charge on any atom is -0.204 e. The first-order valence-corrected chi connectivity index (χ1v) is 8.62. The highest BCUT2D eigenvalue weighted by Crippen LogP contribution is 2.43. The molecule has 0 unspecified atom stereocenters. The SMILES string of the molecule is CCCCC1CCC(CCl)(Cc2ccc(F)c(F)c2)CC1. The number of unbranched alkanes of at least 4 members (excludes halogenated alkanes) is 1. The Morgan fingerprint density at radius 2 is 1.90 bits per heavy atom. The molecule has 118 valence electrons. The Balaban J connectivity index is 1.98. The summed E-state index contributed by atoms with van der Waals surface area (Å²) in [6.07, 6.45) is 9.28. The Kier molecular flexibility index (Phi) is 6.04. The summed E-state index contributed by atoms with van der Waals surface area (Å²) in [5, 5.41) is 0. The van der Waals surface area contributed by atoms with Crippen LogP contribution in [-0.2, 0) is 6.42 Å². The van der Waals surface area contributed by atoms with E-state index in [-0.39, 0.29) is 5.41 Å². The molecule has 0 aromatic heterocycles. The lowest BCUT2D eigenvalue weighted by atomic mass is 9.68. The molecule has 1 aromatic rings. The van der Waals surface area contributed by atoms with Crippen molar-refractivity contribution in [2.45, 2.75) is 58.3 Å². The normalized spacial score (nSPS) is 26.0. The molecule has 3 heteroatoms. The summed E-state index contributed by atoms with van der Waals surface area (Å²) < 4.78 is 26.4. The van der Waals surface area contributed by atoms with E-state index in [1.807, 2.05) is 0 Å². The van der Waals surface area contributed by atoms with Crippen LogP contribution in [0.25, 0.3) is 0 Å². The fourth-order valence-corrected chi connectivity index (χ4v) is 3.87. The van der Waals surface area contributed by atoms with Crippen LogP contribution in [-0.4, -0.2) is 5.88 Å². The summed E-state index contributed by atoms with van der Waals surface area (Å²) in [5.74, 6) is -0.103. The van der Waals surface area contributed by atoms with Crippen LogP contribution in [0.3, 0.4) is 0 Å². The fourth-order valence-electron chi connectivity index (χ4n) is 3.51. The fraction of sp³-hybridized carbons (Fsp3) is 0.667. The second-order valence-electron chi connectivity index (χ2n) is 6.64. The summed E-state index contributed by atoms with van der Waals surface area (Å²) in [6, 6.07) is 4.24. The lowest BCUT2D eigenvalue weighted by Gasteiger charge is -2.39. The van der Waals surface area contributed by atoms with Gasteiger partial charge in [0.1, 0.15) is 0 Å². The van der Waals surface area contributed by atoms with Gasteiger partial charge in [-0.15, -0.1) is 11.6 Å². The lowest BCUT2D eigenvalue weighted by molar-refractivity contribution is 0.166. The maximum Gasteiger partial charge on any atom is 0.159 e. The smallest absolute Gasteiger partial charge is 0.159 e. The van der Waals surface area contributed by atoms with Crippen molar-refractivity contribution in [2.75, 3.05) is 5.88 Å². The molecular weight excluding hydrogens is 290 g/mol. The third kappa shape index (κ3) is 4.42. The maximum atomic E-state index is 13.4. The Morgan fingerprint density at radius 3 is 2.48 bits per heavy atom. The van der Waals surface area contributed by atoms with Crippen LogP contribution in [0, 0.1) is 23.0 Å². The Labute approximate surface area is 131 Å². The molecule has 0 radical (unpaired) electrons. The van der Waals surface area contributed by atoms with Crippen molar-refractivity contribution in [1.82, 2.24) is 0 Å². The van der Waals surface area contributed by atoms with E-state index >= 15 is 0 Å². The first-order chi connectivity index (χ1) is 10.1. The summed E-state index contributed by atoms with van der Waals surface area (Å²) in [7, 11) is 0. The highest BCUT2D eigenvalue weighted by Gasteiger charge is 2.34. The Bertz CT molecular complexity index is 451. The number of hydrogen-bond donors (Lipinski definition) is 0. The average molecular weight is 315 g/mol. The molecule has 0 atom stereocenters. The molecule has 1 fully saturated rings. The first-order valence-electron chi connectivity index (χ1n) is 8.08. The lowest BCUT2D eigenvalue weighted by Crippen LogP contribution is -2.31. The van der Waals surface area contributed by atoms with Crippen LogP contribution in [0.5, 0.6) is 0 Å². The highest BCUT2D eigenvalue weighted by molar-refractivity contribution is 6.18. The van der Waals surface area contributed by atoms with Crippen LogP contribution in [0.4, 0.5) is 8.78 Å². The number of alkyl halides is 1. The average Bonchev–Trinajstić information content (AvgIpc) is 2.50. The highest BCUT2D eigenvalue weighted by atomic mass is 35.5. The Hall–Kier alpha value is -0.630. The van der Waals surface area contributed by atoms with E-state index < -0.39 is 11.6 Å². The summed E-state index contributed by atoms with van der Waals surface area (Å²) in [5.41, 5.74) is 0.927. The molecule has 0 saturated heterocycles. The van der Waals surface area contributed by atoms with Gasteiger partial charge in [0.2, 0.25) is 0 Å². The van der Waals surface area contributed by atoms with Gasteiger partial charge in [-0.1, -0.05) is 32.3 Å². The topological polar surface area (TPSA) is 0 Å². The first kappa shape index (κ1) is 16.7. The van der Waals surface area contributed by atoms with Crippen molar-refractivity contribution in [3.8, 4) is 0 Å². The molecule has 2 rings (SSSR count). The van der Waals surface area contributed by atoms with E-state index in [4.69, 9.17) is 11.6 Å². The van der Waals surface area contributed by atoms with Gasteiger partial charge in [0.15, 0.2) is 11.6 Å². The van der Waals surface area contributed by atoms with Gasteiger partial charge < -0.3 is 0 Å². The van der Waals surface area contributed by atoms with E-state index in [9.17, 15) is 8.78 Å². The molecule has 1 aliphatic carbocycles. The van der Waals surface area contributed by atoms with Crippen molar-refractivity contribution < 1.29 is 8.78 Å². The van der Waals surface area contributed by atoms with Crippen LogP contribution >= 0.6 is 11.6 Å². The van der Waals surface area contributed by atoms with Gasteiger partial charge in [-0.2, -0.15) is 0 Å². The van der Waals surface area contributed by atoms with Crippen LogP contribution < -0.4 is 0 Å². The summed E-state index contributed by atoms with van der Waals surface area (Å²) in [4.78, 5) is 0. The van der Waals surface area contributed by atoms with E-state index in [0.29, 0.717) is 5.88 Å². The molecule has 0 bridgehead atoms. The predicted octanol–water partition coefficient (Wildman–Crippen LogP) is 6.11. The van der Waals surface area contributed by atoms with Crippen molar-refractivity contribution >= 4 is 11.6 Å². The zero-order valence-corrected chi connectivity index (χ0v) is 13.6. The van der Waals surface area contributed by atoms with Gasteiger partial charge in [-0.3, -0.25) is 0 Å². The zero-order chi connectivity index (χ0) is 15.3. The van der Waals surface area contributed by atoms with Crippen molar-refractivity contribution in [1.29, 1.82) is 0 Å². The molecule has 1 saturated carbocycles. The van der Waals surface area contributed by atoms with Crippen LogP contribution in [0.1, 0.15) is 57.4 Å².